The SMILES string of the molecule is C[N-]CC1CCCCCC1.[Hf]. The molecule has 0 N–H and O–H groups in total. The molecule has 1 rings (SSSR count). The first-order valence-corrected chi connectivity index (χ1v) is 4.49. The molecule has 0 amide bonds. The van der Waals surface area contributed by atoms with Crippen molar-refractivity contribution in [3.63, 3.8) is 0 Å². The molecule has 0 aromatic heterocycles. The minimum Gasteiger partial charge on any atom is -0.665 e. The zero-order chi connectivity index (χ0) is 7.23. The minimum atomic E-state index is 0. The average Bonchev–Trinajstić information content (AvgIpc) is 2.17. The van der Waals surface area contributed by atoms with Crippen LogP contribution in [-0.4, -0.2) is 13.6 Å². The third kappa shape index (κ3) is 5.13. The van der Waals surface area contributed by atoms with E-state index in [2.05, 4.69) is 5.32 Å². The maximum absolute atomic E-state index is 4.20. The quantitative estimate of drug-likeness (QED) is 0.549. The molecule has 0 aromatic rings. The van der Waals surface area contributed by atoms with Crippen LogP contribution in [0.1, 0.15) is 38.5 Å². The van der Waals surface area contributed by atoms with Gasteiger partial charge in [-0.1, -0.05) is 44.4 Å². The summed E-state index contributed by atoms with van der Waals surface area (Å²) in [6.07, 6.45) is 8.66. The molecule has 1 aliphatic carbocycles. The first-order valence-electron chi connectivity index (χ1n) is 4.49. The maximum Gasteiger partial charge on any atom is 0 e. The summed E-state index contributed by atoms with van der Waals surface area (Å²) < 4.78 is 0. The van der Waals surface area contributed by atoms with E-state index in [1.54, 1.807) is 0 Å². The molecule has 2 heteroatoms. The zero-order valence-corrected chi connectivity index (χ0v) is 11.1. The second-order valence-corrected chi connectivity index (χ2v) is 3.36. The molecule has 1 fully saturated rings. The number of hydrogen-bond donors (Lipinski definition) is 0. The van der Waals surface area contributed by atoms with Crippen LogP contribution in [0.5, 0.6) is 0 Å². The van der Waals surface area contributed by atoms with Crippen LogP contribution >= 0.6 is 0 Å². The van der Waals surface area contributed by atoms with Crippen LogP contribution in [0.25, 0.3) is 5.32 Å². The van der Waals surface area contributed by atoms with Gasteiger partial charge < -0.3 is 5.32 Å². The number of rotatable bonds is 2. The largest absolute Gasteiger partial charge is 0.665 e. The fraction of sp³-hybridized carbons (Fsp3) is 1.00. The Kier molecular flexibility index (Phi) is 8.04. The van der Waals surface area contributed by atoms with Crippen molar-refractivity contribution in [2.45, 2.75) is 38.5 Å². The third-order valence-corrected chi connectivity index (χ3v) is 2.42. The molecular formula is C9H18HfN-. The van der Waals surface area contributed by atoms with E-state index in [4.69, 9.17) is 0 Å². The van der Waals surface area contributed by atoms with Gasteiger partial charge in [0.1, 0.15) is 0 Å². The molecule has 0 atom stereocenters. The van der Waals surface area contributed by atoms with Crippen molar-refractivity contribution in [1.82, 2.24) is 0 Å². The van der Waals surface area contributed by atoms with Crippen molar-refractivity contribution >= 4 is 0 Å². The van der Waals surface area contributed by atoms with Crippen LogP contribution in [0.4, 0.5) is 0 Å². The van der Waals surface area contributed by atoms with E-state index in [0.29, 0.717) is 0 Å². The van der Waals surface area contributed by atoms with Crippen LogP contribution < -0.4 is 0 Å². The molecular weight excluding hydrogens is 301 g/mol. The van der Waals surface area contributed by atoms with Gasteiger partial charge in [-0.05, 0) is 0 Å². The van der Waals surface area contributed by atoms with Gasteiger partial charge in [-0.25, -0.2) is 0 Å². The Hall–Kier alpha value is 0.830. The fourth-order valence-electron chi connectivity index (χ4n) is 1.80. The van der Waals surface area contributed by atoms with Crippen molar-refractivity contribution in [1.29, 1.82) is 0 Å². The van der Waals surface area contributed by atoms with Gasteiger partial charge in [0.2, 0.25) is 0 Å². The minimum absolute atomic E-state index is 0. The Morgan fingerprint density at radius 3 is 2.09 bits per heavy atom. The van der Waals surface area contributed by atoms with Crippen molar-refractivity contribution in [2.24, 2.45) is 5.92 Å². The monoisotopic (exact) mass is 320 g/mol. The normalized spacial score (nSPS) is 20.5. The summed E-state index contributed by atoms with van der Waals surface area (Å²) in [7, 11) is 1.94. The van der Waals surface area contributed by atoms with Crippen molar-refractivity contribution in [2.75, 3.05) is 13.6 Å². The Morgan fingerprint density at radius 2 is 1.64 bits per heavy atom. The van der Waals surface area contributed by atoms with E-state index in [9.17, 15) is 0 Å². The zero-order valence-electron chi connectivity index (χ0n) is 7.47. The van der Waals surface area contributed by atoms with E-state index >= 15 is 0 Å². The molecule has 0 bridgehead atoms. The summed E-state index contributed by atoms with van der Waals surface area (Å²) in [5.74, 6) is 0.924. The van der Waals surface area contributed by atoms with Crippen LogP contribution in [-0.2, 0) is 25.8 Å². The summed E-state index contributed by atoms with van der Waals surface area (Å²) in [5, 5.41) is 4.20. The topological polar surface area (TPSA) is 14.1 Å². The maximum atomic E-state index is 4.20. The van der Waals surface area contributed by atoms with Gasteiger partial charge in [-0.2, -0.15) is 7.05 Å². The van der Waals surface area contributed by atoms with Crippen molar-refractivity contribution < 1.29 is 25.8 Å². The van der Waals surface area contributed by atoms with Crippen molar-refractivity contribution in [3.8, 4) is 0 Å². The van der Waals surface area contributed by atoms with E-state index in [1.807, 2.05) is 7.05 Å². The van der Waals surface area contributed by atoms with Gasteiger partial charge in [0.15, 0.2) is 0 Å². The van der Waals surface area contributed by atoms with Gasteiger partial charge >= 0.3 is 0 Å². The van der Waals surface area contributed by atoms with Gasteiger partial charge in [-0.15, -0.1) is 6.54 Å². The molecule has 1 nitrogen and oxygen atoms in total. The second-order valence-electron chi connectivity index (χ2n) is 3.36. The Bertz CT molecular complexity index is 77.6. The Morgan fingerprint density at radius 1 is 1.09 bits per heavy atom. The molecule has 0 radical (unpaired) electrons. The van der Waals surface area contributed by atoms with Crippen LogP contribution in [0.2, 0.25) is 0 Å². The van der Waals surface area contributed by atoms with E-state index in [1.165, 1.54) is 38.5 Å². The summed E-state index contributed by atoms with van der Waals surface area (Å²) in [4.78, 5) is 0. The standard InChI is InChI=1S/C9H18N.Hf/c1-10-8-9-6-4-2-3-5-7-9;/h9H,2-8H2,1H3;/q-1;. The van der Waals surface area contributed by atoms with E-state index in [-0.39, 0.29) is 25.8 Å². The Balaban J connectivity index is 0.000001000. The molecule has 0 aliphatic heterocycles. The first-order chi connectivity index (χ1) is 4.93. The van der Waals surface area contributed by atoms with Gasteiger partial charge in [0.05, 0.1) is 0 Å². The predicted molar refractivity (Wildman–Crippen MR) is 45.3 cm³/mol. The van der Waals surface area contributed by atoms with Gasteiger partial charge in [-0.3, -0.25) is 0 Å². The number of hydrogen-bond acceptors (Lipinski definition) is 0. The second kappa shape index (κ2) is 7.48. The Labute approximate surface area is 89.1 Å². The fourth-order valence-corrected chi connectivity index (χ4v) is 1.80. The molecule has 0 aromatic carbocycles. The summed E-state index contributed by atoms with van der Waals surface area (Å²) in [6.45, 7) is 1.11. The summed E-state index contributed by atoms with van der Waals surface area (Å²) >= 11 is 0. The molecule has 0 unspecified atom stereocenters. The van der Waals surface area contributed by atoms with Crippen molar-refractivity contribution in [3.05, 3.63) is 5.32 Å². The molecule has 1 saturated carbocycles. The summed E-state index contributed by atoms with van der Waals surface area (Å²) in [5.41, 5.74) is 0. The van der Waals surface area contributed by atoms with Crippen LogP contribution in [0.3, 0.4) is 0 Å². The van der Waals surface area contributed by atoms with Gasteiger partial charge in [0.25, 0.3) is 0 Å². The average molecular weight is 319 g/mol. The predicted octanol–water partition coefficient (Wildman–Crippen LogP) is 2.96. The van der Waals surface area contributed by atoms with Gasteiger partial charge in [0, 0.05) is 25.8 Å². The molecule has 0 saturated heterocycles. The smallest absolute Gasteiger partial charge is 0 e. The van der Waals surface area contributed by atoms with Crippen LogP contribution in [0, 0.1) is 5.92 Å². The molecule has 0 heterocycles. The first kappa shape index (κ1) is 11.8. The molecule has 0 spiro atoms. The van der Waals surface area contributed by atoms with E-state index in [0.717, 1.165) is 12.5 Å². The molecule has 64 valence electrons. The molecule has 11 heavy (non-hydrogen) atoms. The summed E-state index contributed by atoms with van der Waals surface area (Å²) in [6, 6.07) is 0. The number of nitrogens with zero attached hydrogens (tertiary/aromatic N) is 1. The third-order valence-electron chi connectivity index (χ3n) is 2.42. The molecule has 1 aliphatic rings. The van der Waals surface area contributed by atoms with Crippen LogP contribution in [0.15, 0.2) is 0 Å². The van der Waals surface area contributed by atoms with E-state index < -0.39 is 0 Å².